The second-order valence-corrected chi connectivity index (χ2v) is 4.94. The molecule has 20 heavy (non-hydrogen) atoms. The molecule has 0 aliphatic rings. The maximum Gasteiger partial charge on any atom is 0.226 e. The van der Waals surface area contributed by atoms with Crippen molar-refractivity contribution in [3.63, 3.8) is 0 Å². The molecular formula is C16H22N4. The SMILES string of the molecule is CCN(Cc1ccccc1CN)c1nc(C)cc(C)n1. The molecule has 0 saturated heterocycles. The van der Waals surface area contributed by atoms with E-state index in [1.807, 2.05) is 32.0 Å². The minimum Gasteiger partial charge on any atom is -0.337 e. The lowest BCUT2D eigenvalue weighted by Gasteiger charge is -2.22. The summed E-state index contributed by atoms with van der Waals surface area (Å²) in [5.74, 6) is 0.789. The van der Waals surface area contributed by atoms with E-state index in [9.17, 15) is 0 Å². The van der Waals surface area contributed by atoms with Gasteiger partial charge in [-0.2, -0.15) is 0 Å². The predicted molar refractivity (Wildman–Crippen MR) is 82.6 cm³/mol. The summed E-state index contributed by atoms with van der Waals surface area (Å²) in [6, 6.07) is 10.3. The number of hydrogen-bond acceptors (Lipinski definition) is 4. The maximum atomic E-state index is 5.80. The highest BCUT2D eigenvalue weighted by Crippen LogP contribution is 2.16. The van der Waals surface area contributed by atoms with Crippen molar-refractivity contribution in [3.05, 3.63) is 52.8 Å². The Morgan fingerprint density at radius 1 is 1.05 bits per heavy atom. The van der Waals surface area contributed by atoms with Gasteiger partial charge >= 0.3 is 0 Å². The molecule has 1 aromatic heterocycles. The summed E-state index contributed by atoms with van der Waals surface area (Å²) in [6.07, 6.45) is 0. The van der Waals surface area contributed by atoms with Gasteiger partial charge in [-0.3, -0.25) is 0 Å². The Hall–Kier alpha value is -1.94. The first-order valence-corrected chi connectivity index (χ1v) is 6.98. The Morgan fingerprint density at radius 2 is 1.65 bits per heavy atom. The molecular weight excluding hydrogens is 248 g/mol. The lowest BCUT2D eigenvalue weighted by atomic mass is 10.1. The Labute approximate surface area is 120 Å². The van der Waals surface area contributed by atoms with Crippen LogP contribution in [0.4, 0.5) is 5.95 Å². The van der Waals surface area contributed by atoms with Gasteiger partial charge in [-0.1, -0.05) is 24.3 Å². The molecule has 1 heterocycles. The van der Waals surface area contributed by atoms with Crippen LogP contribution >= 0.6 is 0 Å². The van der Waals surface area contributed by atoms with Gasteiger partial charge in [-0.05, 0) is 38.0 Å². The average Bonchev–Trinajstić information content (AvgIpc) is 2.44. The minimum absolute atomic E-state index is 0.557. The Kier molecular flexibility index (Phi) is 4.69. The number of nitrogens with two attached hydrogens (primary N) is 1. The Balaban J connectivity index is 2.28. The fourth-order valence-electron chi connectivity index (χ4n) is 2.29. The van der Waals surface area contributed by atoms with E-state index in [0.717, 1.165) is 30.4 Å². The zero-order valence-corrected chi connectivity index (χ0v) is 12.4. The highest BCUT2D eigenvalue weighted by molar-refractivity contribution is 5.36. The van der Waals surface area contributed by atoms with Crippen LogP contribution in [0.1, 0.15) is 29.4 Å². The summed E-state index contributed by atoms with van der Waals surface area (Å²) in [7, 11) is 0. The Bertz CT molecular complexity index is 560. The molecule has 0 aliphatic heterocycles. The van der Waals surface area contributed by atoms with Crippen LogP contribution in [0.15, 0.2) is 30.3 Å². The van der Waals surface area contributed by atoms with Crippen LogP contribution in [-0.2, 0) is 13.1 Å². The van der Waals surface area contributed by atoms with Gasteiger partial charge < -0.3 is 10.6 Å². The summed E-state index contributed by atoms with van der Waals surface area (Å²) in [5.41, 5.74) is 10.2. The van der Waals surface area contributed by atoms with Gasteiger partial charge in [0.15, 0.2) is 0 Å². The van der Waals surface area contributed by atoms with Crippen LogP contribution in [0.2, 0.25) is 0 Å². The van der Waals surface area contributed by atoms with Crippen molar-refractivity contribution in [2.75, 3.05) is 11.4 Å². The zero-order chi connectivity index (χ0) is 14.5. The summed E-state index contributed by atoms with van der Waals surface area (Å²) >= 11 is 0. The van der Waals surface area contributed by atoms with Crippen LogP contribution in [0.5, 0.6) is 0 Å². The average molecular weight is 270 g/mol. The smallest absolute Gasteiger partial charge is 0.226 e. The number of benzene rings is 1. The van der Waals surface area contributed by atoms with E-state index in [-0.39, 0.29) is 0 Å². The first-order chi connectivity index (χ1) is 9.63. The molecule has 0 atom stereocenters. The topological polar surface area (TPSA) is 55.0 Å². The van der Waals surface area contributed by atoms with E-state index >= 15 is 0 Å². The molecule has 0 amide bonds. The molecule has 0 unspecified atom stereocenters. The van der Waals surface area contributed by atoms with Crippen molar-refractivity contribution in [2.24, 2.45) is 5.73 Å². The van der Waals surface area contributed by atoms with Gasteiger partial charge in [-0.15, -0.1) is 0 Å². The van der Waals surface area contributed by atoms with Crippen molar-refractivity contribution in [2.45, 2.75) is 33.9 Å². The number of rotatable bonds is 5. The van der Waals surface area contributed by atoms with E-state index in [1.54, 1.807) is 0 Å². The van der Waals surface area contributed by atoms with Crippen LogP contribution < -0.4 is 10.6 Å². The van der Waals surface area contributed by atoms with Gasteiger partial charge in [0.1, 0.15) is 0 Å². The maximum absolute atomic E-state index is 5.80. The van der Waals surface area contributed by atoms with Crippen LogP contribution in [-0.4, -0.2) is 16.5 Å². The molecule has 4 heteroatoms. The van der Waals surface area contributed by atoms with Crippen LogP contribution in [0.25, 0.3) is 0 Å². The van der Waals surface area contributed by atoms with Gasteiger partial charge in [0.2, 0.25) is 5.95 Å². The molecule has 0 spiro atoms. The molecule has 0 bridgehead atoms. The molecule has 2 rings (SSSR count). The fraction of sp³-hybridized carbons (Fsp3) is 0.375. The van der Waals surface area contributed by atoms with Crippen molar-refractivity contribution in [3.8, 4) is 0 Å². The van der Waals surface area contributed by atoms with Crippen LogP contribution in [0.3, 0.4) is 0 Å². The van der Waals surface area contributed by atoms with Gasteiger partial charge in [0, 0.05) is 31.0 Å². The lowest BCUT2D eigenvalue weighted by molar-refractivity contribution is 0.775. The lowest BCUT2D eigenvalue weighted by Crippen LogP contribution is -2.25. The van der Waals surface area contributed by atoms with Crippen molar-refractivity contribution >= 4 is 5.95 Å². The molecule has 0 saturated carbocycles. The van der Waals surface area contributed by atoms with Crippen LogP contribution in [0, 0.1) is 13.8 Å². The van der Waals surface area contributed by atoms with E-state index in [0.29, 0.717) is 6.54 Å². The molecule has 0 fully saturated rings. The van der Waals surface area contributed by atoms with Gasteiger partial charge in [-0.25, -0.2) is 9.97 Å². The third-order valence-electron chi connectivity index (χ3n) is 3.33. The highest BCUT2D eigenvalue weighted by atomic mass is 15.2. The molecule has 0 radical (unpaired) electrons. The van der Waals surface area contributed by atoms with E-state index in [2.05, 4.69) is 33.9 Å². The Morgan fingerprint density at radius 3 is 2.20 bits per heavy atom. The number of aryl methyl sites for hydroxylation is 2. The second-order valence-electron chi connectivity index (χ2n) is 4.94. The highest BCUT2D eigenvalue weighted by Gasteiger charge is 2.11. The van der Waals surface area contributed by atoms with E-state index < -0.39 is 0 Å². The number of nitrogens with zero attached hydrogens (tertiary/aromatic N) is 3. The van der Waals surface area contributed by atoms with E-state index in [4.69, 9.17) is 5.73 Å². The molecule has 106 valence electrons. The number of anilines is 1. The molecule has 1 aromatic carbocycles. The normalized spacial score (nSPS) is 10.6. The van der Waals surface area contributed by atoms with Crippen molar-refractivity contribution in [1.29, 1.82) is 0 Å². The van der Waals surface area contributed by atoms with Gasteiger partial charge in [0.05, 0.1) is 0 Å². The van der Waals surface area contributed by atoms with Gasteiger partial charge in [0.25, 0.3) is 0 Å². The molecule has 2 N–H and O–H groups in total. The summed E-state index contributed by atoms with van der Waals surface area (Å²) in [5, 5.41) is 0. The minimum atomic E-state index is 0.557. The fourth-order valence-corrected chi connectivity index (χ4v) is 2.29. The first-order valence-electron chi connectivity index (χ1n) is 6.98. The number of aromatic nitrogens is 2. The standard InChI is InChI=1S/C16H22N4/c1-4-20(16-18-12(2)9-13(3)19-16)11-15-8-6-5-7-14(15)10-17/h5-9H,4,10-11,17H2,1-3H3. The summed E-state index contributed by atoms with van der Waals surface area (Å²) in [6.45, 7) is 8.32. The van der Waals surface area contributed by atoms with Crippen molar-refractivity contribution in [1.82, 2.24) is 9.97 Å². The zero-order valence-electron chi connectivity index (χ0n) is 12.4. The van der Waals surface area contributed by atoms with Crippen molar-refractivity contribution < 1.29 is 0 Å². The molecule has 4 nitrogen and oxygen atoms in total. The molecule has 2 aromatic rings. The monoisotopic (exact) mass is 270 g/mol. The largest absolute Gasteiger partial charge is 0.337 e. The summed E-state index contributed by atoms with van der Waals surface area (Å²) in [4.78, 5) is 11.3. The molecule has 0 aliphatic carbocycles. The predicted octanol–water partition coefficient (Wildman–Crippen LogP) is 2.58. The first kappa shape index (κ1) is 14.5. The second kappa shape index (κ2) is 6.48. The quantitative estimate of drug-likeness (QED) is 0.907. The summed E-state index contributed by atoms with van der Waals surface area (Å²) < 4.78 is 0. The number of hydrogen-bond donors (Lipinski definition) is 1. The van der Waals surface area contributed by atoms with E-state index in [1.165, 1.54) is 11.1 Å². The third kappa shape index (κ3) is 3.33. The third-order valence-corrected chi connectivity index (χ3v) is 3.33.